The van der Waals surface area contributed by atoms with Gasteiger partial charge in [-0.05, 0) is 22.1 Å². The maximum Gasteiger partial charge on any atom is 0.131 e. The zero-order valence-corrected chi connectivity index (χ0v) is 13.9. The van der Waals surface area contributed by atoms with Gasteiger partial charge in [-0.3, -0.25) is 0 Å². The molecule has 0 aromatic heterocycles. The van der Waals surface area contributed by atoms with Crippen molar-refractivity contribution in [1.29, 1.82) is 0 Å². The van der Waals surface area contributed by atoms with Gasteiger partial charge in [-0.15, -0.1) is 0 Å². The number of benzene rings is 3. The minimum absolute atomic E-state index is 0.0438. The average Bonchev–Trinajstić information content (AvgIpc) is 2.55. The van der Waals surface area contributed by atoms with E-state index < -0.39 is 0 Å². The summed E-state index contributed by atoms with van der Waals surface area (Å²) in [6.07, 6.45) is 0. The van der Waals surface area contributed by atoms with Crippen LogP contribution in [-0.2, 0) is 5.41 Å². The minimum atomic E-state index is -0.0438. The Balaban J connectivity index is 2.29. The number of phenols is 1. The molecule has 116 valence electrons. The van der Waals surface area contributed by atoms with Crippen molar-refractivity contribution in [2.24, 2.45) is 0 Å². The van der Waals surface area contributed by atoms with E-state index in [4.69, 9.17) is 0 Å². The van der Waals surface area contributed by atoms with Crippen LogP contribution in [0.4, 0.5) is 0 Å². The fourth-order valence-electron chi connectivity index (χ4n) is 2.96. The molecular weight excluding hydrogens is 280 g/mol. The maximum absolute atomic E-state index is 11.0. The van der Waals surface area contributed by atoms with Gasteiger partial charge < -0.3 is 5.11 Å². The Kier molecular flexibility index (Phi) is 3.96. The first kappa shape index (κ1) is 15.4. The molecule has 0 amide bonds. The smallest absolute Gasteiger partial charge is 0.131 e. The van der Waals surface area contributed by atoms with Gasteiger partial charge in [0.05, 0.1) is 0 Å². The molecule has 1 nitrogen and oxygen atoms in total. The summed E-state index contributed by atoms with van der Waals surface area (Å²) in [7, 11) is 0. The van der Waals surface area contributed by atoms with Crippen LogP contribution in [0, 0.1) is 0 Å². The largest absolute Gasteiger partial charge is 0.507 e. The number of hydrogen-bond acceptors (Lipinski definition) is 1. The summed E-state index contributed by atoms with van der Waals surface area (Å²) in [4.78, 5) is 0. The Labute approximate surface area is 138 Å². The zero-order chi connectivity index (χ0) is 16.4. The third kappa shape index (κ3) is 3.00. The maximum atomic E-state index is 11.0. The van der Waals surface area contributed by atoms with Crippen LogP contribution < -0.4 is 0 Å². The van der Waals surface area contributed by atoms with Crippen LogP contribution >= 0.6 is 0 Å². The van der Waals surface area contributed by atoms with Crippen LogP contribution in [0.15, 0.2) is 72.8 Å². The Morgan fingerprint density at radius 3 is 1.70 bits per heavy atom. The van der Waals surface area contributed by atoms with E-state index >= 15 is 0 Å². The first-order chi connectivity index (χ1) is 11.0. The lowest BCUT2D eigenvalue weighted by molar-refractivity contribution is 0.475. The third-order valence-electron chi connectivity index (χ3n) is 4.13. The molecule has 0 unspecified atom stereocenters. The van der Waals surface area contributed by atoms with Gasteiger partial charge in [0.1, 0.15) is 5.75 Å². The molecule has 1 N–H and O–H groups in total. The van der Waals surface area contributed by atoms with Crippen molar-refractivity contribution in [3.63, 3.8) is 0 Å². The summed E-state index contributed by atoms with van der Waals surface area (Å²) in [6, 6.07) is 24.3. The van der Waals surface area contributed by atoms with Crippen LogP contribution in [0.5, 0.6) is 5.75 Å². The van der Waals surface area contributed by atoms with Gasteiger partial charge >= 0.3 is 0 Å². The first-order valence-corrected chi connectivity index (χ1v) is 7.96. The molecule has 0 saturated heterocycles. The average molecular weight is 302 g/mol. The van der Waals surface area contributed by atoms with E-state index in [0.717, 1.165) is 27.8 Å². The second-order valence-electron chi connectivity index (χ2n) is 6.87. The number of rotatable bonds is 2. The molecule has 0 spiro atoms. The Bertz CT molecular complexity index is 797. The SMILES string of the molecule is CC(C)(C)c1ccc(-c2ccccc2)c(O)c1-c1ccccc1. The number of aromatic hydroxyl groups is 1. The predicted molar refractivity (Wildman–Crippen MR) is 97.7 cm³/mol. The van der Waals surface area contributed by atoms with Crippen molar-refractivity contribution in [3.05, 3.63) is 78.4 Å². The molecule has 0 fully saturated rings. The fraction of sp³-hybridized carbons (Fsp3) is 0.182. The van der Waals surface area contributed by atoms with Crippen LogP contribution in [0.25, 0.3) is 22.3 Å². The number of hydrogen-bond donors (Lipinski definition) is 1. The highest BCUT2D eigenvalue weighted by molar-refractivity contribution is 5.84. The quantitative estimate of drug-likeness (QED) is 0.613. The second-order valence-corrected chi connectivity index (χ2v) is 6.87. The molecule has 3 rings (SSSR count). The third-order valence-corrected chi connectivity index (χ3v) is 4.13. The molecule has 0 saturated carbocycles. The van der Waals surface area contributed by atoms with E-state index in [-0.39, 0.29) is 5.41 Å². The molecule has 0 aliphatic carbocycles. The predicted octanol–water partition coefficient (Wildman–Crippen LogP) is 6.02. The van der Waals surface area contributed by atoms with Crippen LogP contribution in [-0.4, -0.2) is 5.11 Å². The van der Waals surface area contributed by atoms with Gasteiger partial charge in [0, 0.05) is 11.1 Å². The lowest BCUT2D eigenvalue weighted by Gasteiger charge is -2.25. The summed E-state index contributed by atoms with van der Waals surface area (Å²) in [5.74, 6) is 0.356. The summed E-state index contributed by atoms with van der Waals surface area (Å²) in [5.41, 5.74) is 4.99. The van der Waals surface area contributed by atoms with Crippen molar-refractivity contribution >= 4 is 0 Å². The van der Waals surface area contributed by atoms with Gasteiger partial charge in [0.15, 0.2) is 0 Å². The summed E-state index contributed by atoms with van der Waals surface area (Å²) in [6.45, 7) is 6.53. The standard InChI is InChI=1S/C22H22O/c1-22(2,3)19-15-14-18(16-10-6-4-7-11-16)21(23)20(19)17-12-8-5-9-13-17/h4-15,23H,1-3H3. The highest BCUT2D eigenvalue weighted by Crippen LogP contribution is 2.44. The van der Waals surface area contributed by atoms with Crippen molar-refractivity contribution in [2.45, 2.75) is 26.2 Å². The highest BCUT2D eigenvalue weighted by Gasteiger charge is 2.23. The molecule has 0 heterocycles. The van der Waals surface area contributed by atoms with E-state index in [1.165, 1.54) is 0 Å². The molecule has 0 atom stereocenters. The van der Waals surface area contributed by atoms with Crippen LogP contribution in [0.3, 0.4) is 0 Å². The Morgan fingerprint density at radius 2 is 1.17 bits per heavy atom. The van der Waals surface area contributed by atoms with Gasteiger partial charge in [0.25, 0.3) is 0 Å². The van der Waals surface area contributed by atoms with Crippen molar-refractivity contribution in [3.8, 4) is 28.0 Å². The Hall–Kier alpha value is -2.54. The molecule has 23 heavy (non-hydrogen) atoms. The van der Waals surface area contributed by atoms with Crippen molar-refractivity contribution in [1.82, 2.24) is 0 Å². The number of phenolic OH excluding ortho intramolecular Hbond substituents is 1. The fourth-order valence-corrected chi connectivity index (χ4v) is 2.96. The summed E-state index contributed by atoms with van der Waals surface area (Å²) < 4.78 is 0. The molecular formula is C22H22O. The van der Waals surface area contributed by atoms with Gasteiger partial charge in [0.2, 0.25) is 0 Å². The van der Waals surface area contributed by atoms with E-state index in [9.17, 15) is 5.11 Å². The van der Waals surface area contributed by atoms with E-state index in [2.05, 4.69) is 39.0 Å². The van der Waals surface area contributed by atoms with Gasteiger partial charge in [-0.2, -0.15) is 0 Å². The molecule has 1 heteroatoms. The molecule has 0 aliphatic rings. The molecule has 0 radical (unpaired) electrons. The van der Waals surface area contributed by atoms with Crippen LogP contribution in [0.1, 0.15) is 26.3 Å². The van der Waals surface area contributed by atoms with Crippen molar-refractivity contribution in [2.75, 3.05) is 0 Å². The first-order valence-electron chi connectivity index (χ1n) is 7.96. The van der Waals surface area contributed by atoms with E-state index in [1.807, 2.05) is 54.6 Å². The van der Waals surface area contributed by atoms with E-state index in [1.54, 1.807) is 0 Å². The van der Waals surface area contributed by atoms with Crippen molar-refractivity contribution < 1.29 is 5.11 Å². The molecule has 3 aromatic carbocycles. The molecule has 3 aromatic rings. The van der Waals surface area contributed by atoms with Gasteiger partial charge in [-0.25, -0.2) is 0 Å². The lowest BCUT2D eigenvalue weighted by Crippen LogP contribution is -2.13. The zero-order valence-electron chi connectivity index (χ0n) is 13.9. The highest BCUT2D eigenvalue weighted by atomic mass is 16.3. The monoisotopic (exact) mass is 302 g/mol. The lowest BCUT2D eigenvalue weighted by atomic mass is 9.80. The summed E-state index contributed by atoms with van der Waals surface area (Å²) in [5, 5.41) is 11.0. The van der Waals surface area contributed by atoms with Crippen LogP contribution in [0.2, 0.25) is 0 Å². The van der Waals surface area contributed by atoms with E-state index in [0.29, 0.717) is 5.75 Å². The second kappa shape index (κ2) is 5.92. The van der Waals surface area contributed by atoms with Gasteiger partial charge in [-0.1, -0.05) is 93.6 Å². The normalized spacial score (nSPS) is 11.4. The molecule has 0 aliphatic heterocycles. The Morgan fingerprint density at radius 1 is 0.652 bits per heavy atom. The topological polar surface area (TPSA) is 20.2 Å². The minimum Gasteiger partial charge on any atom is -0.507 e. The molecule has 0 bridgehead atoms. The summed E-state index contributed by atoms with van der Waals surface area (Å²) >= 11 is 0.